The maximum atomic E-state index is 12.5. The summed E-state index contributed by atoms with van der Waals surface area (Å²) in [4.78, 5) is 2.15. The Kier molecular flexibility index (Phi) is 4.12. The van der Waals surface area contributed by atoms with Crippen LogP contribution in [0.25, 0.3) is 0 Å². The van der Waals surface area contributed by atoms with Gasteiger partial charge in [-0.2, -0.15) is 0 Å². The van der Waals surface area contributed by atoms with E-state index in [4.69, 9.17) is 14.2 Å². The Hall–Kier alpha value is -0.320. The van der Waals surface area contributed by atoms with Crippen LogP contribution in [0.15, 0.2) is 0 Å². The van der Waals surface area contributed by atoms with Gasteiger partial charge in [0.05, 0.1) is 30.0 Å². The Labute approximate surface area is 183 Å². The molecular weight excluding hydrogens is 402 g/mol. The average molecular weight is 440 g/mol. The minimum Gasteiger partial charge on any atom is -0.388 e. The molecule has 5 aliphatic carbocycles. The fraction of sp³-hybridized carbons (Fsp3) is 1.00. The lowest BCUT2D eigenvalue weighted by Gasteiger charge is -2.71. The molecule has 6 aliphatic rings. The first-order valence-corrected chi connectivity index (χ1v) is 11.9. The third-order valence-electron chi connectivity index (χ3n) is 11.0. The number of likely N-dealkylation sites (N-methyl/N-ethyl adjacent to an activating group) is 1. The molecule has 1 heterocycles. The molecule has 176 valence electrons. The van der Waals surface area contributed by atoms with Gasteiger partial charge in [0, 0.05) is 57.5 Å². The number of β-amino-alcohol motifs (C(OH)–C–C–N with tert-alkyl or cyclic N) is 1. The summed E-state index contributed by atoms with van der Waals surface area (Å²) in [6, 6.07) is -0.400. The zero-order chi connectivity index (χ0) is 22.2. The lowest BCUT2D eigenvalue weighted by molar-refractivity contribution is -0.370. The predicted molar refractivity (Wildman–Crippen MR) is 109 cm³/mol. The Bertz CT molecular complexity index is 798. The molecule has 6 rings (SSSR count). The summed E-state index contributed by atoms with van der Waals surface area (Å²) in [5, 5.41) is 49.3. The van der Waals surface area contributed by atoms with Crippen LogP contribution in [0.2, 0.25) is 0 Å². The van der Waals surface area contributed by atoms with Gasteiger partial charge in [-0.3, -0.25) is 4.90 Å². The van der Waals surface area contributed by atoms with Crippen LogP contribution in [0.4, 0.5) is 0 Å². The number of ether oxygens (including phenoxy) is 3. The lowest BCUT2D eigenvalue weighted by Crippen LogP contribution is -2.87. The first-order chi connectivity index (χ1) is 14.6. The van der Waals surface area contributed by atoms with Gasteiger partial charge >= 0.3 is 0 Å². The Morgan fingerprint density at radius 3 is 2.32 bits per heavy atom. The highest BCUT2D eigenvalue weighted by atomic mass is 16.5. The predicted octanol–water partition coefficient (Wildman–Crippen LogP) is -0.487. The maximum Gasteiger partial charge on any atom is 0.129 e. The summed E-state index contributed by atoms with van der Waals surface area (Å²) in [5.74, 6) is -0.715. The van der Waals surface area contributed by atoms with Crippen molar-refractivity contribution < 1.29 is 34.6 Å². The van der Waals surface area contributed by atoms with Crippen molar-refractivity contribution in [1.29, 1.82) is 0 Å². The van der Waals surface area contributed by atoms with E-state index in [2.05, 4.69) is 4.90 Å². The molecule has 7 bridgehead atoms. The number of aliphatic hydroxyl groups is 4. The lowest BCUT2D eigenvalue weighted by atomic mass is 9.43. The molecule has 4 N–H and O–H groups in total. The molecule has 1 unspecified atom stereocenters. The Morgan fingerprint density at radius 1 is 0.968 bits per heavy atom. The van der Waals surface area contributed by atoms with Crippen molar-refractivity contribution in [3.8, 4) is 0 Å². The van der Waals surface area contributed by atoms with Gasteiger partial charge < -0.3 is 34.6 Å². The molecule has 31 heavy (non-hydrogen) atoms. The van der Waals surface area contributed by atoms with Gasteiger partial charge in [-0.25, -0.2) is 0 Å². The number of nitrogens with zero attached hydrogens (tertiary/aromatic N) is 1. The molecular formula is C23H37NO7. The molecule has 5 saturated carbocycles. The van der Waals surface area contributed by atoms with Gasteiger partial charge in [-0.1, -0.05) is 6.92 Å². The molecule has 12 atom stereocenters. The van der Waals surface area contributed by atoms with Crippen molar-refractivity contribution in [1.82, 2.24) is 4.90 Å². The number of hydrogen-bond donors (Lipinski definition) is 4. The molecule has 0 aromatic rings. The maximum absolute atomic E-state index is 12.5. The molecule has 8 heteroatoms. The highest BCUT2D eigenvalue weighted by Crippen LogP contribution is 2.79. The van der Waals surface area contributed by atoms with Crippen molar-refractivity contribution in [2.75, 3.05) is 34.4 Å². The number of likely N-dealkylation sites (tertiary alicyclic amines) is 1. The zero-order valence-corrected chi connectivity index (χ0v) is 19.0. The van der Waals surface area contributed by atoms with Crippen molar-refractivity contribution in [3.63, 3.8) is 0 Å². The number of fused-ring (bicyclic) bond motifs is 2. The summed E-state index contributed by atoms with van der Waals surface area (Å²) >= 11 is 0. The minimum atomic E-state index is -1.80. The van der Waals surface area contributed by atoms with E-state index >= 15 is 0 Å². The summed E-state index contributed by atoms with van der Waals surface area (Å²) < 4.78 is 17.8. The molecule has 1 aliphatic heterocycles. The van der Waals surface area contributed by atoms with E-state index in [9.17, 15) is 20.4 Å². The van der Waals surface area contributed by atoms with E-state index in [1.165, 1.54) is 0 Å². The molecule has 8 nitrogen and oxygen atoms in total. The number of hydrogen-bond acceptors (Lipinski definition) is 8. The largest absolute Gasteiger partial charge is 0.388 e. The zero-order valence-electron chi connectivity index (χ0n) is 19.0. The first kappa shape index (κ1) is 21.2. The fourth-order valence-corrected chi connectivity index (χ4v) is 10.3. The van der Waals surface area contributed by atoms with Crippen molar-refractivity contribution in [3.05, 3.63) is 0 Å². The standard InChI is InChI=1S/C23H37NO7/c1-5-24-11-19(25)7-6-16(30-3)22-14-8-12-13(29-2)9-21(27,23(14,28)17(12)31-4)20(26,18(22)24)10-15(19)22/h12-18,25-28H,5-11H2,1-4H3/t12-,13+,14+,15-,16+,17+,18?,19-,20-,21+,22-,23+/m1/s1. The number of rotatable bonds is 4. The molecule has 0 radical (unpaired) electrons. The Morgan fingerprint density at radius 2 is 1.71 bits per heavy atom. The van der Waals surface area contributed by atoms with Crippen molar-refractivity contribution in [2.24, 2.45) is 23.2 Å². The van der Waals surface area contributed by atoms with Crippen LogP contribution in [0, 0.1) is 23.2 Å². The normalized spacial score (nSPS) is 64.1. The number of methoxy groups -OCH3 is 3. The van der Waals surface area contributed by atoms with E-state index in [-0.39, 0.29) is 42.8 Å². The van der Waals surface area contributed by atoms with Gasteiger partial charge in [0.15, 0.2) is 0 Å². The molecule has 0 aromatic carbocycles. The van der Waals surface area contributed by atoms with Gasteiger partial charge in [0.1, 0.15) is 16.8 Å². The topological polar surface area (TPSA) is 112 Å². The van der Waals surface area contributed by atoms with E-state index in [0.29, 0.717) is 32.4 Å². The van der Waals surface area contributed by atoms with Crippen LogP contribution >= 0.6 is 0 Å². The average Bonchev–Trinajstić information content (AvgIpc) is 3.13. The smallest absolute Gasteiger partial charge is 0.129 e. The number of piperidine rings is 1. The summed E-state index contributed by atoms with van der Waals surface area (Å²) in [5.41, 5.74) is -6.68. The van der Waals surface area contributed by atoms with Crippen molar-refractivity contribution in [2.45, 2.75) is 85.8 Å². The van der Waals surface area contributed by atoms with Crippen LogP contribution in [-0.4, -0.2) is 107 Å². The van der Waals surface area contributed by atoms with E-state index in [1.54, 1.807) is 21.3 Å². The van der Waals surface area contributed by atoms with Crippen LogP contribution in [0.1, 0.15) is 39.0 Å². The SMILES string of the molecule is CCN1C[C@]2(O)CC[C@H](OC)[C@]34C1[C@](O)(C[C@H]23)[C@@]1(O)C[C@H](OC)[C@H]2C[C@@H]4[C@]1(O)[C@H]2OC. The van der Waals surface area contributed by atoms with E-state index in [1.807, 2.05) is 6.92 Å². The van der Waals surface area contributed by atoms with Gasteiger partial charge in [-0.15, -0.1) is 0 Å². The monoisotopic (exact) mass is 439 g/mol. The third-order valence-corrected chi connectivity index (χ3v) is 11.0. The summed E-state index contributed by atoms with van der Waals surface area (Å²) in [7, 11) is 4.89. The Balaban J connectivity index is 1.67. The van der Waals surface area contributed by atoms with E-state index in [0.717, 1.165) is 0 Å². The second-order valence-corrected chi connectivity index (χ2v) is 11.3. The second-order valence-electron chi connectivity index (χ2n) is 11.3. The molecule has 0 amide bonds. The van der Waals surface area contributed by atoms with Crippen LogP contribution < -0.4 is 0 Å². The van der Waals surface area contributed by atoms with Crippen LogP contribution in [0.3, 0.4) is 0 Å². The van der Waals surface area contributed by atoms with Crippen LogP contribution in [0.5, 0.6) is 0 Å². The van der Waals surface area contributed by atoms with Crippen molar-refractivity contribution >= 4 is 0 Å². The van der Waals surface area contributed by atoms with E-state index < -0.39 is 40.0 Å². The summed E-state index contributed by atoms with van der Waals surface area (Å²) in [6.45, 7) is 3.16. The molecule has 1 spiro atoms. The van der Waals surface area contributed by atoms with Crippen LogP contribution in [-0.2, 0) is 14.2 Å². The quantitative estimate of drug-likeness (QED) is 0.465. The highest BCUT2D eigenvalue weighted by Gasteiger charge is 2.92. The van der Waals surface area contributed by atoms with Gasteiger partial charge in [-0.05, 0) is 32.2 Å². The van der Waals surface area contributed by atoms with Gasteiger partial charge in [0.2, 0.25) is 0 Å². The molecule has 1 saturated heterocycles. The highest BCUT2D eigenvalue weighted by molar-refractivity contribution is 5.43. The van der Waals surface area contributed by atoms with Gasteiger partial charge in [0.25, 0.3) is 0 Å². The molecule has 0 aromatic heterocycles. The minimum absolute atomic E-state index is 0.0917. The second kappa shape index (κ2) is 6.02. The first-order valence-electron chi connectivity index (χ1n) is 11.9. The molecule has 6 fully saturated rings. The third kappa shape index (κ3) is 1.86. The fourth-order valence-electron chi connectivity index (χ4n) is 10.3. The summed E-state index contributed by atoms with van der Waals surface area (Å²) in [6.07, 6.45) is 1.11.